The number of rotatable bonds is 5. The van der Waals surface area contributed by atoms with E-state index in [1.807, 2.05) is 42.2 Å². The molecular weight excluding hydrogens is 345 g/mol. The SMILES string of the molecule is CC(C(=O)N1CCN(CC2CC2)CC1)C(N)c1ccccc1.Cl.Cl. The molecule has 0 bridgehead atoms. The van der Waals surface area contributed by atoms with Gasteiger partial charge in [0.2, 0.25) is 5.91 Å². The van der Waals surface area contributed by atoms with Gasteiger partial charge in [0.05, 0.1) is 5.92 Å². The predicted molar refractivity (Wildman–Crippen MR) is 103 cm³/mol. The van der Waals surface area contributed by atoms with Crippen molar-refractivity contribution in [1.29, 1.82) is 0 Å². The van der Waals surface area contributed by atoms with Gasteiger partial charge in [0, 0.05) is 38.8 Å². The highest BCUT2D eigenvalue weighted by Gasteiger charge is 2.31. The van der Waals surface area contributed by atoms with Crippen LogP contribution in [0.4, 0.5) is 0 Å². The molecule has 2 aliphatic rings. The minimum Gasteiger partial charge on any atom is -0.340 e. The molecule has 3 rings (SSSR count). The lowest BCUT2D eigenvalue weighted by molar-refractivity contribution is -0.137. The fourth-order valence-corrected chi connectivity index (χ4v) is 3.22. The van der Waals surface area contributed by atoms with E-state index in [9.17, 15) is 4.79 Å². The van der Waals surface area contributed by atoms with Gasteiger partial charge >= 0.3 is 0 Å². The van der Waals surface area contributed by atoms with Crippen molar-refractivity contribution in [1.82, 2.24) is 9.80 Å². The second kappa shape index (κ2) is 9.62. The molecule has 4 nitrogen and oxygen atoms in total. The van der Waals surface area contributed by atoms with Crippen molar-refractivity contribution in [3.63, 3.8) is 0 Å². The average molecular weight is 374 g/mol. The van der Waals surface area contributed by atoms with Gasteiger partial charge in [-0.2, -0.15) is 0 Å². The van der Waals surface area contributed by atoms with E-state index in [0.717, 1.165) is 37.7 Å². The largest absolute Gasteiger partial charge is 0.340 e. The maximum Gasteiger partial charge on any atom is 0.227 e. The number of halogens is 2. The van der Waals surface area contributed by atoms with Crippen LogP contribution in [-0.2, 0) is 4.79 Å². The third kappa shape index (κ3) is 5.35. The third-order valence-corrected chi connectivity index (χ3v) is 5.01. The van der Waals surface area contributed by atoms with Gasteiger partial charge in [-0.25, -0.2) is 0 Å². The minimum absolute atomic E-state index is 0. The topological polar surface area (TPSA) is 49.6 Å². The summed E-state index contributed by atoms with van der Waals surface area (Å²) in [7, 11) is 0. The first-order valence-electron chi connectivity index (χ1n) is 8.47. The minimum atomic E-state index is -0.224. The zero-order valence-corrected chi connectivity index (χ0v) is 15.9. The lowest BCUT2D eigenvalue weighted by Crippen LogP contribution is -2.51. The molecule has 2 N–H and O–H groups in total. The average Bonchev–Trinajstić information content (AvgIpc) is 3.38. The normalized spacial score (nSPS) is 20.5. The van der Waals surface area contributed by atoms with E-state index in [1.165, 1.54) is 19.4 Å². The molecule has 2 atom stereocenters. The lowest BCUT2D eigenvalue weighted by atomic mass is 9.94. The number of benzene rings is 1. The van der Waals surface area contributed by atoms with Crippen LogP contribution in [0.3, 0.4) is 0 Å². The molecule has 1 saturated carbocycles. The Kier molecular flexibility index (Phi) is 8.51. The highest BCUT2D eigenvalue weighted by Crippen LogP contribution is 2.30. The first-order valence-corrected chi connectivity index (χ1v) is 8.47. The van der Waals surface area contributed by atoms with Crippen LogP contribution in [0.1, 0.15) is 31.4 Å². The Balaban J connectivity index is 0.00000144. The van der Waals surface area contributed by atoms with Crippen molar-refractivity contribution in [2.24, 2.45) is 17.6 Å². The molecule has 1 amide bonds. The summed E-state index contributed by atoms with van der Waals surface area (Å²) in [6, 6.07) is 9.70. The van der Waals surface area contributed by atoms with Crippen molar-refractivity contribution in [3.8, 4) is 0 Å². The second-order valence-corrected chi connectivity index (χ2v) is 6.79. The van der Waals surface area contributed by atoms with Gasteiger partial charge in [-0.05, 0) is 24.3 Å². The van der Waals surface area contributed by atoms with Gasteiger partial charge in [0.15, 0.2) is 0 Å². The number of carbonyl (C=O) groups is 1. The Bertz CT molecular complexity index is 502. The van der Waals surface area contributed by atoms with Crippen LogP contribution in [0.25, 0.3) is 0 Å². The summed E-state index contributed by atoms with van der Waals surface area (Å²) in [5.74, 6) is 0.951. The molecule has 6 heteroatoms. The van der Waals surface area contributed by atoms with Crippen LogP contribution < -0.4 is 5.73 Å². The quantitative estimate of drug-likeness (QED) is 0.862. The molecule has 1 saturated heterocycles. The zero-order valence-electron chi connectivity index (χ0n) is 14.3. The first kappa shape index (κ1) is 21.2. The number of piperazine rings is 1. The number of nitrogens with two attached hydrogens (primary N) is 1. The van der Waals surface area contributed by atoms with Crippen LogP contribution in [0.2, 0.25) is 0 Å². The van der Waals surface area contributed by atoms with Crippen LogP contribution in [-0.4, -0.2) is 48.4 Å². The summed E-state index contributed by atoms with van der Waals surface area (Å²) in [5.41, 5.74) is 7.33. The number of nitrogens with zero attached hydrogens (tertiary/aromatic N) is 2. The van der Waals surface area contributed by atoms with E-state index < -0.39 is 0 Å². The summed E-state index contributed by atoms with van der Waals surface area (Å²) < 4.78 is 0. The van der Waals surface area contributed by atoms with E-state index in [1.54, 1.807) is 0 Å². The molecule has 1 aromatic rings. The zero-order chi connectivity index (χ0) is 15.5. The van der Waals surface area contributed by atoms with Gasteiger partial charge < -0.3 is 10.6 Å². The fraction of sp³-hybridized carbons (Fsp3) is 0.611. The van der Waals surface area contributed by atoms with E-state index in [0.29, 0.717) is 0 Å². The van der Waals surface area contributed by atoms with Gasteiger partial charge in [0.1, 0.15) is 0 Å². The molecule has 24 heavy (non-hydrogen) atoms. The highest BCUT2D eigenvalue weighted by atomic mass is 35.5. The van der Waals surface area contributed by atoms with Crippen LogP contribution in [0, 0.1) is 11.8 Å². The van der Waals surface area contributed by atoms with Crippen molar-refractivity contribution in [2.75, 3.05) is 32.7 Å². The Hall–Kier alpha value is -0.810. The van der Waals surface area contributed by atoms with Crippen molar-refractivity contribution in [3.05, 3.63) is 35.9 Å². The Morgan fingerprint density at radius 2 is 1.71 bits per heavy atom. The fourth-order valence-electron chi connectivity index (χ4n) is 3.22. The molecule has 1 aromatic carbocycles. The highest BCUT2D eigenvalue weighted by molar-refractivity contribution is 5.85. The van der Waals surface area contributed by atoms with E-state index in [-0.39, 0.29) is 42.7 Å². The number of amides is 1. The van der Waals surface area contributed by atoms with E-state index >= 15 is 0 Å². The van der Waals surface area contributed by atoms with Crippen molar-refractivity contribution in [2.45, 2.75) is 25.8 Å². The Morgan fingerprint density at radius 3 is 2.25 bits per heavy atom. The smallest absolute Gasteiger partial charge is 0.227 e. The van der Waals surface area contributed by atoms with Crippen LogP contribution in [0.15, 0.2) is 30.3 Å². The van der Waals surface area contributed by atoms with Gasteiger partial charge in [-0.15, -0.1) is 24.8 Å². The number of hydrogen-bond acceptors (Lipinski definition) is 3. The molecule has 136 valence electrons. The van der Waals surface area contributed by atoms with Gasteiger partial charge in [0.25, 0.3) is 0 Å². The first-order chi connectivity index (χ1) is 10.6. The summed E-state index contributed by atoms with van der Waals surface area (Å²) >= 11 is 0. The van der Waals surface area contributed by atoms with Gasteiger partial charge in [-0.1, -0.05) is 37.3 Å². The predicted octanol–water partition coefficient (Wildman–Crippen LogP) is 2.72. The maximum atomic E-state index is 12.7. The van der Waals surface area contributed by atoms with Crippen molar-refractivity contribution >= 4 is 30.7 Å². The molecule has 1 aliphatic carbocycles. The summed E-state index contributed by atoms with van der Waals surface area (Å²) in [4.78, 5) is 17.2. The monoisotopic (exact) mass is 373 g/mol. The maximum absolute atomic E-state index is 12.7. The van der Waals surface area contributed by atoms with E-state index in [2.05, 4.69) is 4.90 Å². The van der Waals surface area contributed by atoms with Gasteiger partial charge in [-0.3, -0.25) is 9.69 Å². The summed E-state index contributed by atoms with van der Waals surface area (Å²) in [5, 5.41) is 0. The van der Waals surface area contributed by atoms with Crippen LogP contribution >= 0.6 is 24.8 Å². The Labute approximate surface area is 157 Å². The molecule has 2 unspecified atom stereocenters. The summed E-state index contributed by atoms with van der Waals surface area (Å²) in [6.45, 7) is 6.89. The number of hydrogen-bond donors (Lipinski definition) is 1. The molecular formula is C18H29Cl2N3O. The second-order valence-electron chi connectivity index (χ2n) is 6.79. The molecule has 0 radical (unpaired) electrons. The Morgan fingerprint density at radius 1 is 1.12 bits per heavy atom. The molecule has 0 aromatic heterocycles. The molecule has 1 aliphatic heterocycles. The van der Waals surface area contributed by atoms with Crippen LogP contribution in [0.5, 0.6) is 0 Å². The molecule has 1 heterocycles. The van der Waals surface area contributed by atoms with Crippen molar-refractivity contribution < 1.29 is 4.79 Å². The lowest BCUT2D eigenvalue weighted by Gasteiger charge is -2.37. The summed E-state index contributed by atoms with van der Waals surface area (Å²) in [6.07, 6.45) is 2.78. The molecule has 0 spiro atoms. The number of carbonyl (C=O) groups excluding carboxylic acids is 1. The van der Waals surface area contributed by atoms with E-state index in [4.69, 9.17) is 5.73 Å². The standard InChI is InChI=1S/C18H27N3O.2ClH/c1-14(17(19)16-5-3-2-4-6-16)18(22)21-11-9-20(10-12-21)13-15-7-8-15;;/h2-6,14-15,17H,7-13,19H2,1H3;2*1H. The molecule has 2 fully saturated rings. The third-order valence-electron chi connectivity index (χ3n) is 5.01.